The third-order valence-corrected chi connectivity index (χ3v) is 4.35. The summed E-state index contributed by atoms with van der Waals surface area (Å²) in [5.41, 5.74) is 1.31. The minimum absolute atomic E-state index is 0.484. The van der Waals surface area contributed by atoms with Gasteiger partial charge in [0.05, 0.1) is 16.4 Å². The van der Waals surface area contributed by atoms with Gasteiger partial charge in [-0.05, 0) is 31.9 Å². The van der Waals surface area contributed by atoms with Crippen LogP contribution in [-0.2, 0) is 17.8 Å². The first kappa shape index (κ1) is 14.6. The van der Waals surface area contributed by atoms with Crippen LogP contribution in [-0.4, -0.2) is 20.6 Å². The molecule has 1 aromatic carbocycles. The largest absolute Gasteiger partial charge is 0.481 e. The third-order valence-electron chi connectivity index (χ3n) is 4.35. The monoisotopic (exact) mass is 274 g/mol. The molecule has 0 radical (unpaired) electrons. The number of fused-ring (bicyclic) bond motifs is 1. The lowest BCUT2D eigenvalue weighted by Gasteiger charge is -2.26. The molecule has 0 bridgehead atoms. The Bertz CT molecular complexity index is 612. The molecule has 1 N–H and O–H groups in total. The Hall–Kier alpha value is -1.84. The molecule has 20 heavy (non-hydrogen) atoms. The smallest absolute Gasteiger partial charge is 0.310 e. The number of hydrogen-bond acceptors (Lipinski definition) is 2. The van der Waals surface area contributed by atoms with Gasteiger partial charge in [0.1, 0.15) is 5.82 Å². The van der Waals surface area contributed by atoms with Gasteiger partial charge < -0.3 is 9.67 Å². The fourth-order valence-corrected chi connectivity index (χ4v) is 2.79. The quantitative estimate of drug-likeness (QED) is 0.877. The zero-order chi connectivity index (χ0) is 14.8. The van der Waals surface area contributed by atoms with Crippen LogP contribution in [0.5, 0.6) is 0 Å². The maximum atomic E-state index is 11.7. The van der Waals surface area contributed by atoms with E-state index < -0.39 is 11.4 Å². The van der Waals surface area contributed by atoms with Crippen molar-refractivity contribution in [2.24, 2.45) is 5.41 Å². The number of benzene rings is 1. The van der Waals surface area contributed by atoms with Crippen LogP contribution >= 0.6 is 0 Å². The molecule has 0 saturated heterocycles. The number of hydrogen-bond donors (Lipinski definition) is 1. The topological polar surface area (TPSA) is 55.1 Å². The molecule has 1 aromatic heterocycles. The molecule has 0 spiro atoms. The molecule has 0 amide bonds. The molecule has 108 valence electrons. The third kappa shape index (κ3) is 2.30. The van der Waals surface area contributed by atoms with Gasteiger partial charge in [-0.1, -0.05) is 26.0 Å². The van der Waals surface area contributed by atoms with E-state index in [4.69, 9.17) is 0 Å². The molecule has 2 rings (SSSR count). The van der Waals surface area contributed by atoms with Gasteiger partial charge in [0.15, 0.2) is 0 Å². The van der Waals surface area contributed by atoms with Crippen molar-refractivity contribution in [2.75, 3.05) is 0 Å². The maximum Gasteiger partial charge on any atom is 0.310 e. The maximum absolute atomic E-state index is 11.7. The lowest BCUT2D eigenvalue weighted by molar-refractivity contribution is -0.149. The van der Waals surface area contributed by atoms with Crippen molar-refractivity contribution >= 4 is 17.0 Å². The van der Waals surface area contributed by atoms with E-state index in [0.717, 1.165) is 23.4 Å². The van der Waals surface area contributed by atoms with E-state index in [-0.39, 0.29) is 0 Å². The van der Waals surface area contributed by atoms with Gasteiger partial charge in [0.2, 0.25) is 0 Å². The lowest BCUT2D eigenvalue weighted by Crippen LogP contribution is -2.33. The Kier molecular flexibility index (Phi) is 4.12. The van der Waals surface area contributed by atoms with Gasteiger partial charge in [0.25, 0.3) is 0 Å². The fourth-order valence-electron chi connectivity index (χ4n) is 2.79. The molecule has 4 heteroatoms. The molecular formula is C16H22N2O2. The van der Waals surface area contributed by atoms with Gasteiger partial charge in [-0.25, -0.2) is 4.98 Å². The van der Waals surface area contributed by atoms with E-state index in [1.165, 1.54) is 0 Å². The number of carboxylic acids is 1. The average Bonchev–Trinajstić information content (AvgIpc) is 2.81. The van der Waals surface area contributed by atoms with E-state index in [2.05, 4.69) is 16.5 Å². The highest BCUT2D eigenvalue weighted by Crippen LogP contribution is 2.32. The molecule has 0 aliphatic carbocycles. The Balaban J connectivity index is 2.50. The van der Waals surface area contributed by atoms with Crippen LogP contribution in [0.4, 0.5) is 0 Å². The number of imidazole rings is 1. The van der Waals surface area contributed by atoms with Crippen molar-refractivity contribution in [3.05, 3.63) is 30.1 Å². The molecule has 0 saturated carbocycles. The summed E-state index contributed by atoms with van der Waals surface area (Å²) in [5, 5.41) is 9.59. The summed E-state index contributed by atoms with van der Waals surface area (Å²) in [6, 6.07) is 7.97. The Morgan fingerprint density at radius 1 is 1.25 bits per heavy atom. The highest BCUT2D eigenvalue weighted by atomic mass is 16.4. The summed E-state index contributed by atoms with van der Waals surface area (Å²) in [5.74, 6) is 0.150. The second-order valence-corrected chi connectivity index (χ2v) is 5.23. The van der Waals surface area contributed by atoms with E-state index in [1.54, 1.807) is 0 Å². The van der Waals surface area contributed by atoms with Gasteiger partial charge in [-0.15, -0.1) is 0 Å². The second kappa shape index (κ2) is 5.65. The minimum atomic E-state index is -0.725. The number of carbonyl (C=O) groups is 1. The molecule has 0 aliphatic rings. The van der Waals surface area contributed by atoms with Crippen LogP contribution in [0.3, 0.4) is 0 Å². The number of aromatic nitrogens is 2. The van der Waals surface area contributed by atoms with Gasteiger partial charge >= 0.3 is 5.97 Å². The average molecular weight is 274 g/mol. The fraction of sp³-hybridized carbons (Fsp3) is 0.500. The zero-order valence-corrected chi connectivity index (χ0v) is 12.4. The van der Waals surface area contributed by atoms with Crippen molar-refractivity contribution in [3.63, 3.8) is 0 Å². The highest BCUT2D eigenvalue weighted by molar-refractivity contribution is 5.77. The molecule has 4 nitrogen and oxygen atoms in total. The summed E-state index contributed by atoms with van der Waals surface area (Å²) < 4.78 is 2.12. The minimum Gasteiger partial charge on any atom is -0.481 e. The summed E-state index contributed by atoms with van der Waals surface area (Å²) in [4.78, 5) is 16.3. The molecular weight excluding hydrogens is 252 g/mol. The molecule has 1 heterocycles. The second-order valence-electron chi connectivity index (χ2n) is 5.23. The Morgan fingerprint density at radius 3 is 2.45 bits per heavy atom. The highest BCUT2D eigenvalue weighted by Gasteiger charge is 2.36. The zero-order valence-electron chi connectivity index (χ0n) is 12.4. The van der Waals surface area contributed by atoms with Gasteiger partial charge in [-0.2, -0.15) is 0 Å². The standard InChI is InChI=1S/C16H22N2O2/c1-4-16(5-2,15(19)20)11-14-17-12-9-7-8-10-13(12)18(14)6-3/h7-10H,4-6,11H2,1-3H3,(H,19,20). The van der Waals surface area contributed by atoms with Crippen molar-refractivity contribution in [3.8, 4) is 0 Å². The van der Waals surface area contributed by atoms with Crippen LogP contribution in [0.1, 0.15) is 39.4 Å². The number of nitrogens with zero attached hydrogens (tertiary/aromatic N) is 2. The molecule has 0 fully saturated rings. The number of aliphatic carboxylic acids is 1. The van der Waals surface area contributed by atoms with Crippen LogP contribution in [0, 0.1) is 5.41 Å². The van der Waals surface area contributed by atoms with Crippen molar-refractivity contribution in [1.29, 1.82) is 0 Å². The number of rotatable bonds is 6. The predicted octanol–water partition coefficient (Wildman–Crippen LogP) is 3.49. The van der Waals surface area contributed by atoms with Crippen molar-refractivity contribution in [2.45, 2.75) is 46.6 Å². The van der Waals surface area contributed by atoms with Gasteiger partial charge in [-0.3, -0.25) is 4.79 Å². The summed E-state index contributed by atoms with van der Waals surface area (Å²) >= 11 is 0. The van der Waals surface area contributed by atoms with Crippen LogP contribution in [0.15, 0.2) is 24.3 Å². The van der Waals surface area contributed by atoms with Crippen LogP contribution in [0.2, 0.25) is 0 Å². The van der Waals surface area contributed by atoms with Crippen molar-refractivity contribution in [1.82, 2.24) is 9.55 Å². The lowest BCUT2D eigenvalue weighted by atomic mass is 9.79. The van der Waals surface area contributed by atoms with Gasteiger partial charge in [0, 0.05) is 13.0 Å². The van der Waals surface area contributed by atoms with E-state index in [9.17, 15) is 9.90 Å². The molecule has 2 aromatic rings. The van der Waals surface area contributed by atoms with E-state index >= 15 is 0 Å². The Morgan fingerprint density at radius 2 is 1.90 bits per heavy atom. The molecule has 0 atom stereocenters. The number of para-hydroxylation sites is 2. The number of carboxylic acid groups (broad SMARTS) is 1. The summed E-state index contributed by atoms with van der Waals surface area (Å²) in [6.07, 6.45) is 1.72. The first-order chi connectivity index (χ1) is 9.57. The van der Waals surface area contributed by atoms with Crippen molar-refractivity contribution < 1.29 is 9.90 Å². The SMILES string of the molecule is CCn1c(CC(CC)(CC)C(=O)O)nc2ccccc21. The normalized spacial score (nSPS) is 11.9. The molecule has 0 unspecified atom stereocenters. The first-order valence-corrected chi connectivity index (χ1v) is 7.25. The summed E-state index contributed by atoms with van der Waals surface area (Å²) in [6.45, 7) is 6.75. The predicted molar refractivity (Wildman–Crippen MR) is 79.8 cm³/mol. The van der Waals surface area contributed by atoms with E-state index in [0.29, 0.717) is 19.3 Å². The first-order valence-electron chi connectivity index (χ1n) is 7.25. The van der Waals surface area contributed by atoms with Crippen LogP contribution < -0.4 is 0 Å². The summed E-state index contributed by atoms with van der Waals surface area (Å²) in [7, 11) is 0. The number of aryl methyl sites for hydroxylation is 1. The van der Waals surface area contributed by atoms with Crippen LogP contribution in [0.25, 0.3) is 11.0 Å². The Labute approximate surface area is 119 Å². The van der Waals surface area contributed by atoms with E-state index in [1.807, 2.05) is 38.1 Å². The molecule has 0 aliphatic heterocycles.